The molecule has 86 valence electrons. The predicted molar refractivity (Wildman–Crippen MR) is 64.6 cm³/mol. The van der Waals surface area contributed by atoms with Crippen LogP contribution < -0.4 is 0 Å². The molecule has 1 N–H and O–H groups in total. The zero-order valence-corrected chi connectivity index (χ0v) is 10.6. The highest BCUT2D eigenvalue weighted by Crippen LogP contribution is 2.25. The number of benzene rings is 1. The van der Waals surface area contributed by atoms with E-state index in [0.29, 0.717) is 27.6 Å². The van der Waals surface area contributed by atoms with E-state index >= 15 is 0 Å². The van der Waals surface area contributed by atoms with Gasteiger partial charge in [0.15, 0.2) is 0 Å². The first-order chi connectivity index (χ1) is 7.47. The Hall–Kier alpha value is -1.16. The Morgan fingerprint density at radius 2 is 2.12 bits per heavy atom. The van der Waals surface area contributed by atoms with Crippen molar-refractivity contribution in [3.05, 3.63) is 39.6 Å². The van der Waals surface area contributed by atoms with Crippen molar-refractivity contribution in [3.8, 4) is 0 Å². The molecule has 0 atom stereocenters. The van der Waals surface area contributed by atoms with Gasteiger partial charge in [-0.25, -0.2) is 9.18 Å². The van der Waals surface area contributed by atoms with E-state index in [0.717, 1.165) is 0 Å². The lowest BCUT2D eigenvalue weighted by Crippen LogP contribution is -2.02. The molecule has 16 heavy (non-hydrogen) atoms. The highest BCUT2D eigenvalue weighted by molar-refractivity contribution is 9.10. The Morgan fingerprint density at radius 1 is 1.50 bits per heavy atom. The van der Waals surface area contributed by atoms with Crippen LogP contribution in [0.3, 0.4) is 0 Å². The van der Waals surface area contributed by atoms with Crippen LogP contribution in [0.2, 0.25) is 0 Å². The summed E-state index contributed by atoms with van der Waals surface area (Å²) in [5, 5.41) is 8.99. The van der Waals surface area contributed by atoms with E-state index in [4.69, 9.17) is 5.11 Å². The molecule has 1 rings (SSSR count). The van der Waals surface area contributed by atoms with E-state index < -0.39 is 5.97 Å². The third kappa shape index (κ3) is 2.70. The lowest BCUT2D eigenvalue weighted by molar-refractivity contribution is -0.132. The highest BCUT2D eigenvalue weighted by Gasteiger charge is 2.11. The summed E-state index contributed by atoms with van der Waals surface area (Å²) < 4.78 is 13.4. The van der Waals surface area contributed by atoms with Crippen molar-refractivity contribution < 1.29 is 14.3 Å². The van der Waals surface area contributed by atoms with Gasteiger partial charge in [0.05, 0.1) is 4.47 Å². The average Bonchev–Trinajstić information content (AvgIpc) is 2.22. The first kappa shape index (κ1) is 12.9. The molecule has 0 saturated heterocycles. The summed E-state index contributed by atoms with van der Waals surface area (Å²) in [7, 11) is 0. The molecular formula is C12H12BrFO2. The number of carbonyl (C=O) groups is 1. The molecule has 1 aromatic carbocycles. The van der Waals surface area contributed by atoms with E-state index in [9.17, 15) is 9.18 Å². The van der Waals surface area contributed by atoms with Gasteiger partial charge in [-0.15, -0.1) is 0 Å². The van der Waals surface area contributed by atoms with E-state index in [-0.39, 0.29) is 5.82 Å². The summed E-state index contributed by atoms with van der Waals surface area (Å²) >= 11 is 3.08. The Labute approximate surface area is 102 Å². The maximum Gasteiger partial charge on any atom is 0.331 e. The van der Waals surface area contributed by atoms with Crippen LogP contribution in [0.5, 0.6) is 0 Å². The van der Waals surface area contributed by atoms with Crippen LogP contribution in [-0.4, -0.2) is 11.1 Å². The van der Waals surface area contributed by atoms with Crippen LogP contribution in [0.4, 0.5) is 4.39 Å². The largest absolute Gasteiger partial charge is 0.478 e. The van der Waals surface area contributed by atoms with Gasteiger partial charge in [0, 0.05) is 5.57 Å². The van der Waals surface area contributed by atoms with Crippen molar-refractivity contribution in [3.63, 3.8) is 0 Å². The van der Waals surface area contributed by atoms with Gasteiger partial charge in [-0.2, -0.15) is 0 Å². The molecule has 0 unspecified atom stereocenters. The number of halogens is 2. The molecule has 2 nitrogen and oxygen atoms in total. The zero-order chi connectivity index (χ0) is 12.3. The fourth-order valence-corrected chi connectivity index (χ4v) is 1.86. The summed E-state index contributed by atoms with van der Waals surface area (Å²) in [5.41, 5.74) is 1.72. The molecule has 0 spiro atoms. The molecule has 0 heterocycles. The number of carboxylic acids is 1. The number of aliphatic carboxylic acids is 1. The Balaban J connectivity index is 3.27. The second-order valence-electron chi connectivity index (χ2n) is 3.39. The van der Waals surface area contributed by atoms with E-state index in [1.807, 2.05) is 0 Å². The second-order valence-corrected chi connectivity index (χ2v) is 4.25. The molecule has 0 bridgehead atoms. The lowest BCUT2D eigenvalue weighted by Gasteiger charge is -2.07. The summed E-state index contributed by atoms with van der Waals surface area (Å²) in [6.07, 6.45) is 0.441. The second kappa shape index (κ2) is 5.25. The van der Waals surface area contributed by atoms with Crippen molar-refractivity contribution in [2.75, 3.05) is 0 Å². The monoisotopic (exact) mass is 286 g/mol. The van der Waals surface area contributed by atoms with Gasteiger partial charge in [0.2, 0.25) is 0 Å². The third-order valence-electron chi connectivity index (χ3n) is 2.42. The fourth-order valence-electron chi connectivity index (χ4n) is 1.48. The van der Waals surface area contributed by atoms with Gasteiger partial charge in [-0.1, -0.05) is 13.0 Å². The van der Waals surface area contributed by atoms with Crippen molar-refractivity contribution in [1.29, 1.82) is 0 Å². The molecule has 1 aromatic rings. The average molecular weight is 287 g/mol. The molecule has 0 aliphatic rings. The van der Waals surface area contributed by atoms with Crippen molar-refractivity contribution in [2.45, 2.75) is 20.3 Å². The first-order valence-corrected chi connectivity index (χ1v) is 5.65. The van der Waals surface area contributed by atoms with Gasteiger partial charge in [0.1, 0.15) is 5.82 Å². The molecule has 0 aliphatic heterocycles. The van der Waals surface area contributed by atoms with Gasteiger partial charge in [-0.3, -0.25) is 0 Å². The van der Waals surface area contributed by atoms with Crippen molar-refractivity contribution in [1.82, 2.24) is 0 Å². The van der Waals surface area contributed by atoms with Crippen LogP contribution in [0.25, 0.3) is 5.57 Å². The lowest BCUT2D eigenvalue weighted by atomic mass is 10.00. The Morgan fingerprint density at radius 3 is 2.56 bits per heavy atom. The molecular weight excluding hydrogens is 275 g/mol. The van der Waals surface area contributed by atoms with Gasteiger partial charge in [0.25, 0.3) is 0 Å². The molecule has 0 radical (unpaired) electrons. The predicted octanol–water partition coefficient (Wildman–Crippen LogP) is 3.86. The maximum absolute atomic E-state index is 13.0. The first-order valence-electron chi connectivity index (χ1n) is 4.85. The normalized spacial score (nSPS) is 12.2. The van der Waals surface area contributed by atoms with Gasteiger partial charge < -0.3 is 5.11 Å². The topological polar surface area (TPSA) is 37.3 Å². The number of rotatable bonds is 3. The number of hydrogen-bond acceptors (Lipinski definition) is 1. The zero-order valence-electron chi connectivity index (χ0n) is 9.05. The van der Waals surface area contributed by atoms with Crippen LogP contribution >= 0.6 is 15.9 Å². The smallest absolute Gasteiger partial charge is 0.331 e. The Bertz CT molecular complexity index is 452. The van der Waals surface area contributed by atoms with Gasteiger partial charge >= 0.3 is 5.97 Å². The SMILES string of the molecule is CCC(C(=O)O)=C(C)c1ccc(F)c(Br)c1. The van der Waals surface area contributed by atoms with Gasteiger partial charge in [-0.05, 0) is 52.5 Å². The standard InChI is InChI=1S/C12H12BrFO2/c1-3-9(12(15)16)7(2)8-4-5-11(14)10(13)6-8/h4-6H,3H2,1-2H3,(H,15,16). The number of carboxylic acid groups (broad SMARTS) is 1. The molecule has 0 amide bonds. The molecule has 0 aromatic heterocycles. The molecule has 4 heteroatoms. The van der Waals surface area contributed by atoms with E-state index in [1.54, 1.807) is 26.0 Å². The van der Waals surface area contributed by atoms with Crippen molar-refractivity contribution >= 4 is 27.5 Å². The molecule has 0 aliphatic carbocycles. The molecule has 0 saturated carbocycles. The van der Waals surface area contributed by atoms with Crippen LogP contribution in [0.1, 0.15) is 25.8 Å². The van der Waals surface area contributed by atoms with E-state index in [1.165, 1.54) is 6.07 Å². The van der Waals surface area contributed by atoms with Crippen LogP contribution in [0, 0.1) is 5.82 Å². The van der Waals surface area contributed by atoms with Crippen LogP contribution in [0.15, 0.2) is 28.2 Å². The summed E-state index contributed by atoms with van der Waals surface area (Å²) in [6.45, 7) is 3.51. The highest BCUT2D eigenvalue weighted by atomic mass is 79.9. The summed E-state index contributed by atoms with van der Waals surface area (Å²) in [4.78, 5) is 11.0. The van der Waals surface area contributed by atoms with Crippen LogP contribution in [-0.2, 0) is 4.79 Å². The summed E-state index contributed by atoms with van der Waals surface area (Å²) in [5.74, 6) is -1.29. The third-order valence-corrected chi connectivity index (χ3v) is 3.02. The maximum atomic E-state index is 13.0. The minimum absolute atomic E-state index is 0.338. The van der Waals surface area contributed by atoms with Crippen molar-refractivity contribution in [2.24, 2.45) is 0 Å². The quantitative estimate of drug-likeness (QED) is 0.857. The minimum atomic E-state index is -0.930. The number of hydrogen-bond donors (Lipinski definition) is 1. The van der Waals surface area contributed by atoms with E-state index in [2.05, 4.69) is 15.9 Å². The summed E-state index contributed by atoms with van der Waals surface area (Å²) in [6, 6.07) is 4.48. The fraction of sp³-hybridized carbons (Fsp3) is 0.250. The Kier molecular flexibility index (Phi) is 4.24. The minimum Gasteiger partial charge on any atom is -0.478 e. The number of allylic oxidation sites excluding steroid dienone is 1. The molecule has 0 fully saturated rings.